The molecule has 162 valence electrons. The maximum absolute atomic E-state index is 12.4. The molecule has 0 bridgehead atoms. The van der Waals surface area contributed by atoms with E-state index in [1.165, 1.54) is 0 Å². The summed E-state index contributed by atoms with van der Waals surface area (Å²) in [6, 6.07) is 13.3. The van der Waals surface area contributed by atoms with E-state index in [9.17, 15) is 4.79 Å². The Hall–Kier alpha value is -3.22. The van der Waals surface area contributed by atoms with Gasteiger partial charge >= 0.3 is 0 Å². The standard InChI is InChI=1S/C23H32N4O3/c1-23(2,3)27-21(28)18-9-7-8-16(12-18)14-25-22(24-4)26-15-17-10-11-19(29-5)20(13-17)30-6/h7-13H,14-15H2,1-6H3,(H,27,28)(H2,24,25,26). The number of guanidine groups is 1. The number of nitrogens with zero attached hydrogens (tertiary/aromatic N) is 1. The summed E-state index contributed by atoms with van der Waals surface area (Å²) in [7, 11) is 4.95. The number of hydrogen-bond donors (Lipinski definition) is 3. The lowest BCUT2D eigenvalue weighted by Crippen LogP contribution is -2.40. The monoisotopic (exact) mass is 412 g/mol. The number of benzene rings is 2. The molecule has 2 rings (SSSR count). The number of carbonyl (C=O) groups is 1. The lowest BCUT2D eigenvalue weighted by molar-refractivity contribution is 0.0919. The maximum atomic E-state index is 12.4. The van der Waals surface area contributed by atoms with Crippen molar-refractivity contribution in [2.24, 2.45) is 4.99 Å². The van der Waals surface area contributed by atoms with E-state index in [0.717, 1.165) is 11.1 Å². The summed E-state index contributed by atoms with van der Waals surface area (Å²) in [6.45, 7) is 7.01. The van der Waals surface area contributed by atoms with Crippen LogP contribution >= 0.6 is 0 Å². The molecule has 0 radical (unpaired) electrons. The van der Waals surface area contributed by atoms with Crippen molar-refractivity contribution in [3.05, 3.63) is 59.2 Å². The van der Waals surface area contributed by atoms with Gasteiger partial charge < -0.3 is 25.4 Å². The first-order valence-electron chi connectivity index (χ1n) is 9.82. The first kappa shape index (κ1) is 23.1. The molecule has 0 saturated carbocycles. The van der Waals surface area contributed by atoms with Crippen LogP contribution in [-0.2, 0) is 13.1 Å². The van der Waals surface area contributed by atoms with Gasteiger partial charge in [0.25, 0.3) is 5.91 Å². The van der Waals surface area contributed by atoms with E-state index < -0.39 is 0 Å². The van der Waals surface area contributed by atoms with Gasteiger partial charge in [-0.25, -0.2) is 0 Å². The summed E-state index contributed by atoms with van der Waals surface area (Å²) in [6.07, 6.45) is 0. The molecule has 0 atom stereocenters. The normalized spacial score (nSPS) is 11.6. The highest BCUT2D eigenvalue weighted by molar-refractivity contribution is 5.94. The van der Waals surface area contributed by atoms with Gasteiger partial charge in [-0.2, -0.15) is 0 Å². The molecule has 0 fully saturated rings. The Kier molecular flexibility index (Phi) is 8.09. The molecule has 0 aromatic heterocycles. The zero-order chi connectivity index (χ0) is 22.1. The van der Waals surface area contributed by atoms with E-state index in [1.807, 2.05) is 63.2 Å². The lowest BCUT2D eigenvalue weighted by atomic mass is 10.1. The molecule has 0 heterocycles. The van der Waals surface area contributed by atoms with Gasteiger partial charge in [-0.1, -0.05) is 18.2 Å². The smallest absolute Gasteiger partial charge is 0.251 e. The second-order valence-electron chi connectivity index (χ2n) is 7.87. The minimum absolute atomic E-state index is 0.0830. The summed E-state index contributed by atoms with van der Waals surface area (Å²) in [5.74, 6) is 1.96. The molecule has 0 aliphatic rings. The van der Waals surface area contributed by atoms with Crippen LogP contribution in [0.3, 0.4) is 0 Å². The highest BCUT2D eigenvalue weighted by Gasteiger charge is 2.15. The summed E-state index contributed by atoms with van der Waals surface area (Å²) in [5, 5.41) is 9.53. The fraction of sp³-hybridized carbons (Fsp3) is 0.391. The Morgan fingerprint density at radius 3 is 2.13 bits per heavy atom. The van der Waals surface area contributed by atoms with Crippen molar-refractivity contribution >= 4 is 11.9 Å². The fourth-order valence-corrected chi connectivity index (χ4v) is 2.82. The molecule has 0 aliphatic carbocycles. The Labute approximate surface area is 178 Å². The molecule has 3 N–H and O–H groups in total. The first-order chi connectivity index (χ1) is 14.3. The quantitative estimate of drug-likeness (QED) is 0.481. The average Bonchev–Trinajstić information content (AvgIpc) is 2.72. The van der Waals surface area contributed by atoms with Crippen LogP contribution in [0.2, 0.25) is 0 Å². The summed E-state index contributed by atoms with van der Waals surface area (Å²) < 4.78 is 10.6. The predicted molar refractivity (Wildman–Crippen MR) is 120 cm³/mol. The SMILES string of the molecule is CN=C(NCc1cccc(C(=O)NC(C)(C)C)c1)NCc1ccc(OC)c(OC)c1. The van der Waals surface area contributed by atoms with Crippen LogP contribution in [0.25, 0.3) is 0 Å². The van der Waals surface area contributed by atoms with Crippen molar-refractivity contribution < 1.29 is 14.3 Å². The number of ether oxygens (including phenoxy) is 2. The molecular weight excluding hydrogens is 380 g/mol. The minimum atomic E-state index is -0.276. The third kappa shape index (κ3) is 6.99. The van der Waals surface area contributed by atoms with Gasteiger partial charge in [0.15, 0.2) is 17.5 Å². The number of rotatable bonds is 7. The molecule has 0 aliphatic heterocycles. The number of methoxy groups -OCH3 is 2. The molecule has 2 aromatic rings. The van der Waals surface area contributed by atoms with E-state index in [0.29, 0.717) is 36.1 Å². The van der Waals surface area contributed by atoms with Gasteiger partial charge in [0.2, 0.25) is 0 Å². The van der Waals surface area contributed by atoms with E-state index in [4.69, 9.17) is 9.47 Å². The van der Waals surface area contributed by atoms with Crippen molar-refractivity contribution in [2.45, 2.75) is 39.4 Å². The van der Waals surface area contributed by atoms with E-state index in [-0.39, 0.29) is 11.4 Å². The minimum Gasteiger partial charge on any atom is -0.493 e. The highest BCUT2D eigenvalue weighted by Crippen LogP contribution is 2.27. The average molecular weight is 413 g/mol. The van der Waals surface area contributed by atoms with E-state index in [1.54, 1.807) is 21.3 Å². The van der Waals surface area contributed by atoms with Crippen molar-refractivity contribution in [3.63, 3.8) is 0 Å². The second-order valence-corrected chi connectivity index (χ2v) is 7.87. The molecule has 7 nitrogen and oxygen atoms in total. The van der Waals surface area contributed by atoms with Gasteiger partial charge in [-0.05, 0) is 56.2 Å². The molecule has 2 aromatic carbocycles. The van der Waals surface area contributed by atoms with Crippen LogP contribution in [0.4, 0.5) is 0 Å². The molecule has 1 amide bonds. The second kappa shape index (κ2) is 10.5. The van der Waals surface area contributed by atoms with Crippen LogP contribution in [0, 0.1) is 0 Å². The highest BCUT2D eigenvalue weighted by atomic mass is 16.5. The fourth-order valence-electron chi connectivity index (χ4n) is 2.82. The topological polar surface area (TPSA) is 84.0 Å². The number of nitrogens with one attached hydrogen (secondary N) is 3. The van der Waals surface area contributed by atoms with Crippen molar-refractivity contribution in [2.75, 3.05) is 21.3 Å². The molecular formula is C23H32N4O3. The van der Waals surface area contributed by atoms with Gasteiger partial charge in [0.1, 0.15) is 0 Å². The zero-order valence-corrected chi connectivity index (χ0v) is 18.6. The Morgan fingerprint density at radius 2 is 1.57 bits per heavy atom. The van der Waals surface area contributed by atoms with Gasteiger partial charge in [0.05, 0.1) is 14.2 Å². The first-order valence-corrected chi connectivity index (χ1v) is 9.82. The summed E-state index contributed by atoms with van der Waals surface area (Å²) >= 11 is 0. The molecule has 0 spiro atoms. The number of aliphatic imine (C=N–C) groups is 1. The van der Waals surface area contributed by atoms with Gasteiger partial charge in [-0.3, -0.25) is 9.79 Å². The Bertz CT molecular complexity index is 888. The Morgan fingerprint density at radius 1 is 0.933 bits per heavy atom. The third-order valence-corrected chi connectivity index (χ3v) is 4.27. The van der Waals surface area contributed by atoms with Crippen molar-refractivity contribution in [1.82, 2.24) is 16.0 Å². The van der Waals surface area contributed by atoms with Crippen molar-refractivity contribution in [3.8, 4) is 11.5 Å². The van der Waals surface area contributed by atoms with E-state index in [2.05, 4.69) is 20.9 Å². The third-order valence-electron chi connectivity index (χ3n) is 4.27. The predicted octanol–water partition coefficient (Wildman–Crippen LogP) is 3.10. The maximum Gasteiger partial charge on any atom is 0.251 e. The lowest BCUT2D eigenvalue weighted by Gasteiger charge is -2.20. The van der Waals surface area contributed by atoms with Gasteiger partial charge in [0, 0.05) is 31.2 Å². The summed E-state index contributed by atoms with van der Waals surface area (Å²) in [5.41, 5.74) is 2.39. The van der Waals surface area contributed by atoms with Crippen LogP contribution in [0.15, 0.2) is 47.5 Å². The van der Waals surface area contributed by atoms with Gasteiger partial charge in [-0.15, -0.1) is 0 Å². The van der Waals surface area contributed by atoms with Crippen molar-refractivity contribution in [1.29, 1.82) is 0 Å². The molecule has 0 saturated heterocycles. The van der Waals surface area contributed by atoms with Crippen LogP contribution < -0.4 is 25.4 Å². The van der Waals surface area contributed by atoms with Crippen LogP contribution in [0.5, 0.6) is 11.5 Å². The molecule has 30 heavy (non-hydrogen) atoms. The zero-order valence-electron chi connectivity index (χ0n) is 18.6. The Balaban J connectivity index is 1.95. The number of hydrogen-bond acceptors (Lipinski definition) is 4. The van der Waals surface area contributed by atoms with Crippen LogP contribution in [-0.4, -0.2) is 38.7 Å². The number of amides is 1. The largest absolute Gasteiger partial charge is 0.493 e. The number of carbonyl (C=O) groups excluding carboxylic acids is 1. The van der Waals surface area contributed by atoms with Crippen LogP contribution in [0.1, 0.15) is 42.3 Å². The molecule has 0 unspecified atom stereocenters. The summed E-state index contributed by atoms with van der Waals surface area (Å²) in [4.78, 5) is 16.6. The molecule has 7 heteroatoms. The van der Waals surface area contributed by atoms with E-state index >= 15 is 0 Å².